The van der Waals surface area contributed by atoms with Crippen molar-refractivity contribution >= 4 is 11.9 Å². The molecule has 1 N–H and O–H groups in total. The summed E-state index contributed by atoms with van der Waals surface area (Å²) >= 11 is 0. The molecular formula is C12H18N4O2. The van der Waals surface area contributed by atoms with Crippen molar-refractivity contribution in [3.63, 3.8) is 0 Å². The minimum Gasteiger partial charge on any atom is -0.478 e. The molecule has 6 nitrogen and oxygen atoms in total. The Morgan fingerprint density at radius 1 is 1.28 bits per heavy atom. The molecule has 0 radical (unpaired) electrons. The lowest BCUT2D eigenvalue weighted by atomic mass is 10.3. The summed E-state index contributed by atoms with van der Waals surface area (Å²) in [5.41, 5.74) is 0.128. The van der Waals surface area contributed by atoms with Gasteiger partial charge in [-0.25, -0.2) is 14.8 Å². The normalized spacial score (nSPS) is 16.8. The molecule has 0 aliphatic carbocycles. The van der Waals surface area contributed by atoms with E-state index in [1.54, 1.807) is 0 Å². The van der Waals surface area contributed by atoms with E-state index in [-0.39, 0.29) is 5.56 Å². The lowest BCUT2D eigenvalue weighted by molar-refractivity contribution is 0.0696. The Labute approximate surface area is 106 Å². The highest BCUT2D eigenvalue weighted by Gasteiger charge is 2.18. The van der Waals surface area contributed by atoms with E-state index in [1.165, 1.54) is 18.8 Å². The summed E-state index contributed by atoms with van der Waals surface area (Å²) in [6.07, 6.45) is 3.90. The Balaban J connectivity index is 1.95. The number of carboxylic acids is 1. The van der Waals surface area contributed by atoms with Gasteiger partial charge in [0.2, 0.25) is 5.95 Å². The minimum absolute atomic E-state index is 0.128. The van der Waals surface area contributed by atoms with E-state index in [4.69, 9.17) is 5.11 Å². The fraction of sp³-hybridized carbons (Fsp3) is 0.583. The lowest BCUT2D eigenvalue weighted by Gasteiger charge is -2.34. The summed E-state index contributed by atoms with van der Waals surface area (Å²) in [6, 6.07) is 0. The maximum absolute atomic E-state index is 10.7. The first-order valence-electron chi connectivity index (χ1n) is 6.23. The van der Waals surface area contributed by atoms with Crippen LogP contribution in [0.3, 0.4) is 0 Å². The third-order valence-electron chi connectivity index (χ3n) is 3.08. The highest BCUT2D eigenvalue weighted by Crippen LogP contribution is 2.11. The molecule has 1 aliphatic rings. The smallest absolute Gasteiger partial charge is 0.338 e. The van der Waals surface area contributed by atoms with E-state index in [0.29, 0.717) is 5.95 Å². The average molecular weight is 250 g/mol. The Bertz CT molecular complexity index is 399. The van der Waals surface area contributed by atoms with Crippen LogP contribution in [0.4, 0.5) is 5.95 Å². The van der Waals surface area contributed by atoms with E-state index >= 15 is 0 Å². The summed E-state index contributed by atoms with van der Waals surface area (Å²) < 4.78 is 0. The van der Waals surface area contributed by atoms with Crippen molar-refractivity contribution < 1.29 is 9.90 Å². The van der Waals surface area contributed by atoms with Crippen LogP contribution in [0.15, 0.2) is 12.4 Å². The van der Waals surface area contributed by atoms with Gasteiger partial charge in [0.1, 0.15) is 0 Å². The fourth-order valence-corrected chi connectivity index (χ4v) is 2.08. The van der Waals surface area contributed by atoms with Crippen molar-refractivity contribution in [2.45, 2.75) is 13.3 Å². The second-order valence-electron chi connectivity index (χ2n) is 4.41. The van der Waals surface area contributed by atoms with E-state index in [0.717, 1.165) is 32.7 Å². The molecule has 6 heteroatoms. The van der Waals surface area contributed by atoms with E-state index in [1.807, 2.05) is 0 Å². The van der Waals surface area contributed by atoms with Crippen molar-refractivity contribution in [2.75, 3.05) is 37.6 Å². The highest BCUT2D eigenvalue weighted by molar-refractivity contribution is 5.86. The molecule has 18 heavy (non-hydrogen) atoms. The molecule has 0 aromatic carbocycles. The lowest BCUT2D eigenvalue weighted by Crippen LogP contribution is -2.47. The van der Waals surface area contributed by atoms with Crippen molar-refractivity contribution in [1.29, 1.82) is 0 Å². The van der Waals surface area contributed by atoms with Gasteiger partial charge in [-0.2, -0.15) is 0 Å². The molecule has 1 aromatic heterocycles. The van der Waals surface area contributed by atoms with Gasteiger partial charge in [0, 0.05) is 38.6 Å². The van der Waals surface area contributed by atoms with Crippen LogP contribution in [0.5, 0.6) is 0 Å². The Hall–Kier alpha value is -1.69. The number of aromatic nitrogens is 2. The number of carbonyl (C=O) groups is 1. The molecular weight excluding hydrogens is 232 g/mol. The first-order chi connectivity index (χ1) is 8.70. The molecule has 0 saturated carbocycles. The third-order valence-corrected chi connectivity index (χ3v) is 3.08. The van der Waals surface area contributed by atoms with Crippen LogP contribution in [-0.4, -0.2) is 58.7 Å². The van der Waals surface area contributed by atoms with Gasteiger partial charge in [0.05, 0.1) is 5.56 Å². The number of nitrogens with zero attached hydrogens (tertiary/aromatic N) is 4. The van der Waals surface area contributed by atoms with E-state index in [2.05, 4.69) is 26.7 Å². The monoisotopic (exact) mass is 250 g/mol. The van der Waals surface area contributed by atoms with Gasteiger partial charge in [-0.3, -0.25) is 4.90 Å². The van der Waals surface area contributed by atoms with Gasteiger partial charge in [0.25, 0.3) is 0 Å². The molecule has 2 heterocycles. The number of aromatic carboxylic acids is 1. The van der Waals surface area contributed by atoms with E-state index in [9.17, 15) is 4.79 Å². The second kappa shape index (κ2) is 5.77. The van der Waals surface area contributed by atoms with Gasteiger partial charge in [-0.15, -0.1) is 0 Å². The zero-order valence-electron chi connectivity index (χ0n) is 10.5. The Morgan fingerprint density at radius 2 is 1.89 bits per heavy atom. The topological polar surface area (TPSA) is 69.6 Å². The van der Waals surface area contributed by atoms with E-state index < -0.39 is 5.97 Å². The summed E-state index contributed by atoms with van der Waals surface area (Å²) in [4.78, 5) is 23.4. The molecule has 1 saturated heterocycles. The number of hydrogen-bond donors (Lipinski definition) is 1. The Morgan fingerprint density at radius 3 is 2.39 bits per heavy atom. The van der Waals surface area contributed by atoms with Crippen molar-refractivity contribution in [1.82, 2.24) is 14.9 Å². The van der Waals surface area contributed by atoms with Gasteiger partial charge < -0.3 is 10.0 Å². The summed E-state index contributed by atoms with van der Waals surface area (Å²) in [5, 5.41) is 8.78. The van der Waals surface area contributed by atoms with Crippen molar-refractivity contribution in [2.24, 2.45) is 0 Å². The zero-order chi connectivity index (χ0) is 13.0. The van der Waals surface area contributed by atoms with Crippen LogP contribution in [0.1, 0.15) is 23.7 Å². The first kappa shape index (κ1) is 12.8. The molecule has 0 unspecified atom stereocenters. The number of piperazine rings is 1. The van der Waals surface area contributed by atoms with Crippen LogP contribution >= 0.6 is 0 Å². The molecule has 98 valence electrons. The molecule has 0 bridgehead atoms. The maximum Gasteiger partial charge on any atom is 0.338 e. The van der Waals surface area contributed by atoms with Gasteiger partial charge in [-0.05, 0) is 13.0 Å². The molecule has 1 aliphatic heterocycles. The zero-order valence-corrected chi connectivity index (χ0v) is 10.5. The maximum atomic E-state index is 10.7. The molecule has 1 aromatic rings. The number of carboxylic acid groups (broad SMARTS) is 1. The Kier molecular flexibility index (Phi) is 4.09. The van der Waals surface area contributed by atoms with Gasteiger partial charge >= 0.3 is 5.97 Å². The van der Waals surface area contributed by atoms with Crippen molar-refractivity contribution in [3.05, 3.63) is 18.0 Å². The molecule has 2 rings (SSSR count). The number of hydrogen-bond acceptors (Lipinski definition) is 5. The standard InChI is InChI=1S/C12H18N4O2/c1-2-3-15-4-6-16(7-5-15)12-13-8-10(9-14-12)11(17)18/h8-9H,2-7H2,1H3,(H,17,18). The average Bonchev–Trinajstić information content (AvgIpc) is 2.40. The van der Waals surface area contributed by atoms with Crippen LogP contribution in [-0.2, 0) is 0 Å². The van der Waals surface area contributed by atoms with Gasteiger partial charge in [0.15, 0.2) is 0 Å². The minimum atomic E-state index is -0.991. The molecule has 0 amide bonds. The van der Waals surface area contributed by atoms with Crippen LogP contribution in [0, 0.1) is 0 Å². The third kappa shape index (κ3) is 2.95. The van der Waals surface area contributed by atoms with Gasteiger partial charge in [-0.1, -0.05) is 6.92 Å². The molecule has 0 spiro atoms. The summed E-state index contributed by atoms with van der Waals surface area (Å²) in [7, 11) is 0. The molecule has 0 atom stereocenters. The highest BCUT2D eigenvalue weighted by atomic mass is 16.4. The molecule has 1 fully saturated rings. The predicted molar refractivity (Wildman–Crippen MR) is 67.9 cm³/mol. The largest absolute Gasteiger partial charge is 0.478 e. The van der Waals surface area contributed by atoms with Crippen LogP contribution in [0.2, 0.25) is 0 Å². The predicted octanol–water partition coefficient (Wildman–Crippen LogP) is 0.707. The fourth-order valence-electron chi connectivity index (χ4n) is 2.08. The van der Waals surface area contributed by atoms with Crippen LogP contribution in [0.25, 0.3) is 0 Å². The first-order valence-corrected chi connectivity index (χ1v) is 6.23. The SMILES string of the molecule is CCCN1CCN(c2ncc(C(=O)O)cn2)CC1. The second-order valence-corrected chi connectivity index (χ2v) is 4.41. The summed E-state index contributed by atoms with van der Waals surface area (Å²) in [6.45, 7) is 7.13. The summed E-state index contributed by atoms with van der Waals surface area (Å²) in [5.74, 6) is -0.370. The van der Waals surface area contributed by atoms with Crippen molar-refractivity contribution in [3.8, 4) is 0 Å². The number of rotatable bonds is 4. The van der Waals surface area contributed by atoms with Crippen LogP contribution < -0.4 is 4.90 Å². The number of anilines is 1. The quantitative estimate of drug-likeness (QED) is 0.848.